The van der Waals surface area contributed by atoms with Crippen LogP contribution in [0.2, 0.25) is 0 Å². The number of sulfonamides is 1. The molecule has 1 aromatic carbocycles. The highest BCUT2D eigenvalue weighted by Gasteiger charge is 2.20. The highest BCUT2D eigenvalue weighted by Crippen LogP contribution is 2.27. The Labute approximate surface area is 101 Å². The summed E-state index contributed by atoms with van der Waals surface area (Å²) in [7, 11) is -4.12. The van der Waals surface area contributed by atoms with Gasteiger partial charge in [-0.15, -0.1) is 0 Å². The van der Waals surface area contributed by atoms with Gasteiger partial charge in [0.25, 0.3) is 0 Å². The van der Waals surface area contributed by atoms with Gasteiger partial charge in [0.15, 0.2) is 0 Å². The van der Waals surface area contributed by atoms with E-state index in [1.54, 1.807) is 0 Å². The third kappa shape index (κ3) is 2.07. The van der Waals surface area contributed by atoms with Crippen molar-refractivity contribution in [3.05, 3.63) is 30.2 Å². The molecule has 0 aliphatic heterocycles. The summed E-state index contributed by atoms with van der Waals surface area (Å²) in [6, 6.07) is 3.88. The van der Waals surface area contributed by atoms with Crippen molar-refractivity contribution in [3.8, 4) is 0 Å². The second-order valence-corrected chi connectivity index (χ2v) is 5.22. The van der Waals surface area contributed by atoms with Gasteiger partial charge in [-0.25, -0.2) is 17.9 Å². The minimum atomic E-state index is -4.12. The molecule has 1 heterocycles. The van der Waals surface area contributed by atoms with E-state index in [1.807, 2.05) is 0 Å². The minimum Gasteiger partial charge on any atom is -0.480 e. The first-order chi connectivity index (χ1) is 8.30. The number of fused-ring (bicyclic) bond motifs is 1. The molecule has 0 unspecified atom stereocenters. The van der Waals surface area contributed by atoms with Crippen LogP contribution in [0.5, 0.6) is 0 Å². The molecule has 0 radical (unpaired) electrons. The van der Waals surface area contributed by atoms with Crippen molar-refractivity contribution in [2.45, 2.75) is 11.4 Å². The Morgan fingerprint density at radius 2 is 2.11 bits per heavy atom. The molecule has 8 heteroatoms. The van der Waals surface area contributed by atoms with Gasteiger partial charge in [0, 0.05) is 6.20 Å². The van der Waals surface area contributed by atoms with E-state index in [9.17, 15) is 17.6 Å². The second-order valence-electron chi connectivity index (χ2n) is 3.69. The Balaban J connectivity index is 2.84. The smallest absolute Gasteiger partial charge is 0.323 e. The predicted octanol–water partition coefficient (Wildman–Crippen LogP) is 0.512. The van der Waals surface area contributed by atoms with Gasteiger partial charge in [-0.1, -0.05) is 6.07 Å². The monoisotopic (exact) mass is 272 g/mol. The summed E-state index contributed by atoms with van der Waals surface area (Å²) in [5, 5.41) is 13.5. The van der Waals surface area contributed by atoms with Gasteiger partial charge < -0.3 is 9.67 Å². The summed E-state index contributed by atoms with van der Waals surface area (Å²) >= 11 is 0. The predicted molar refractivity (Wildman–Crippen MR) is 60.9 cm³/mol. The number of aromatic nitrogens is 1. The number of benzene rings is 1. The minimum absolute atomic E-state index is 0.168. The fourth-order valence-corrected chi connectivity index (χ4v) is 2.52. The molecule has 2 aromatic rings. The lowest BCUT2D eigenvalue weighted by Gasteiger charge is -2.00. The average molecular weight is 272 g/mol. The van der Waals surface area contributed by atoms with Gasteiger partial charge in [-0.3, -0.25) is 4.79 Å². The Bertz CT molecular complexity index is 736. The van der Waals surface area contributed by atoms with Gasteiger partial charge in [0.2, 0.25) is 10.0 Å². The summed E-state index contributed by atoms with van der Waals surface area (Å²) < 4.78 is 37.5. The molecule has 3 N–H and O–H groups in total. The van der Waals surface area contributed by atoms with E-state index in [4.69, 9.17) is 10.2 Å². The van der Waals surface area contributed by atoms with E-state index in [0.29, 0.717) is 0 Å². The highest BCUT2D eigenvalue weighted by atomic mass is 32.2. The molecule has 0 fully saturated rings. The Morgan fingerprint density at radius 1 is 1.44 bits per heavy atom. The molecule has 96 valence electrons. The van der Waals surface area contributed by atoms with Crippen molar-refractivity contribution >= 4 is 26.9 Å². The third-order valence-corrected chi connectivity index (χ3v) is 3.36. The number of carboxylic acid groups (broad SMARTS) is 1. The van der Waals surface area contributed by atoms with E-state index < -0.39 is 33.3 Å². The van der Waals surface area contributed by atoms with Crippen LogP contribution in [0.1, 0.15) is 0 Å². The number of hydrogen-bond donors (Lipinski definition) is 2. The van der Waals surface area contributed by atoms with E-state index >= 15 is 0 Å². The first-order valence-electron chi connectivity index (χ1n) is 4.82. The van der Waals surface area contributed by atoms with E-state index in [2.05, 4.69) is 0 Å². The molecule has 0 bridgehead atoms. The number of carboxylic acids is 1. The Kier molecular flexibility index (Phi) is 2.83. The Morgan fingerprint density at radius 3 is 2.67 bits per heavy atom. The fraction of sp³-hybridized carbons (Fsp3) is 0.100. The molecule has 6 nitrogen and oxygen atoms in total. The molecular formula is C10H9FN2O4S. The zero-order valence-electron chi connectivity index (χ0n) is 9.00. The van der Waals surface area contributed by atoms with Crippen molar-refractivity contribution < 1.29 is 22.7 Å². The number of nitrogens with two attached hydrogens (primary N) is 1. The van der Waals surface area contributed by atoms with Crippen molar-refractivity contribution in [3.63, 3.8) is 0 Å². The molecule has 0 spiro atoms. The molecule has 0 saturated carbocycles. The van der Waals surface area contributed by atoms with Crippen LogP contribution in [-0.4, -0.2) is 24.1 Å². The largest absolute Gasteiger partial charge is 0.480 e. The first kappa shape index (κ1) is 12.5. The number of nitrogens with zero attached hydrogens (tertiary/aromatic N) is 1. The maximum atomic E-state index is 13.6. The zero-order valence-corrected chi connectivity index (χ0v) is 9.82. The number of primary sulfonamides is 1. The van der Waals surface area contributed by atoms with Crippen LogP contribution in [0.25, 0.3) is 10.9 Å². The molecule has 0 saturated heterocycles. The molecule has 1 aromatic heterocycles. The standard InChI is InChI=1S/C10H9FN2O4S/c11-6-2-1-3-7-10(6)8(18(12,16)17)4-13(7)5-9(14)15/h1-4H,5H2,(H,14,15)(H2,12,16,17). The van der Waals surface area contributed by atoms with Crippen LogP contribution in [0.3, 0.4) is 0 Å². The number of rotatable bonds is 3. The van der Waals surface area contributed by atoms with Gasteiger partial charge in [-0.2, -0.15) is 0 Å². The van der Waals surface area contributed by atoms with Crippen molar-refractivity contribution in [2.75, 3.05) is 0 Å². The first-order valence-corrected chi connectivity index (χ1v) is 6.37. The number of aliphatic carboxylic acids is 1. The van der Waals surface area contributed by atoms with Crippen LogP contribution < -0.4 is 5.14 Å². The molecule has 2 rings (SSSR count). The lowest BCUT2D eigenvalue weighted by molar-refractivity contribution is -0.137. The zero-order chi connectivity index (χ0) is 13.5. The summed E-state index contributed by atoms with van der Waals surface area (Å²) in [4.78, 5) is 10.2. The molecule has 18 heavy (non-hydrogen) atoms. The fourth-order valence-electron chi connectivity index (χ4n) is 1.76. The molecule has 0 atom stereocenters. The van der Waals surface area contributed by atoms with Crippen LogP contribution in [-0.2, 0) is 21.4 Å². The van der Waals surface area contributed by atoms with E-state index in [-0.39, 0.29) is 10.9 Å². The topological polar surface area (TPSA) is 102 Å². The maximum Gasteiger partial charge on any atom is 0.323 e. The van der Waals surface area contributed by atoms with E-state index in [0.717, 1.165) is 16.8 Å². The van der Waals surface area contributed by atoms with Gasteiger partial charge in [0.1, 0.15) is 17.3 Å². The van der Waals surface area contributed by atoms with Crippen molar-refractivity contribution in [1.29, 1.82) is 0 Å². The normalized spacial score (nSPS) is 11.9. The summed E-state index contributed by atoms with van der Waals surface area (Å²) in [6.45, 7) is -0.477. The summed E-state index contributed by atoms with van der Waals surface area (Å²) in [6.07, 6.45) is 1.02. The number of halogens is 1. The number of carbonyl (C=O) groups is 1. The summed E-state index contributed by atoms with van der Waals surface area (Å²) in [5.41, 5.74) is 0.168. The van der Waals surface area contributed by atoms with E-state index in [1.165, 1.54) is 12.1 Å². The van der Waals surface area contributed by atoms with Gasteiger partial charge in [-0.05, 0) is 12.1 Å². The average Bonchev–Trinajstić information content (AvgIpc) is 2.57. The molecule has 0 aliphatic rings. The third-order valence-electron chi connectivity index (χ3n) is 2.43. The Hall–Kier alpha value is -1.93. The van der Waals surface area contributed by atoms with Gasteiger partial charge in [0.05, 0.1) is 10.9 Å². The molecule has 0 amide bonds. The SMILES string of the molecule is NS(=O)(=O)c1cn(CC(=O)O)c2cccc(F)c12. The lowest BCUT2D eigenvalue weighted by Crippen LogP contribution is -2.12. The molecular weight excluding hydrogens is 263 g/mol. The van der Waals surface area contributed by atoms with Crippen LogP contribution in [0.4, 0.5) is 4.39 Å². The molecule has 0 aliphatic carbocycles. The maximum absolute atomic E-state index is 13.6. The summed E-state index contributed by atoms with van der Waals surface area (Å²) in [5.74, 6) is -1.93. The van der Waals surface area contributed by atoms with Crippen LogP contribution in [0, 0.1) is 5.82 Å². The van der Waals surface area contributed by atoms with Gasteiger partial charge >= 0.3 is 5.97 Å². The lowest BCUT2D eigenvalue weighted by atomic mass is 10.2. The number of hydrogen-bond acceptors (Lipinski definition) is 3. The second kappa shape index (κ2) is 4.07. The van der Waals surface area contributed by atoms with Crippen molar-refractivity contribution in [1.82, 2.24) is 4.57 Å². The highest BCUT2D eigenvalue weighted by molar-refractivity contribution is 7.89. The quantitative estimate of drug-likeness (QED) is 0.849. The van der Waals surface area contributed by atoms with Crippen molar-refractivity contribution in [2.24, 2.45) is 5.14 Å². The van der Waals surface area contributed by atoms with Crippen LogP contribution in [0.15, 0.2) is 29.3 Å². The van der Waals surface area contributed by atoms with Crippen LogP contribution >= 0.6 is 0 Å².